The predicted molar refractivity (Wildman–Crippen MR) is 83.6 cm³/mol. The fourth-order valence-electron chi connectivity index (χ4n) is 3.14. The largest absolute Gasteiger partial charge is 0.486 e. The number of carbonyl (C=O) groups is 1. The third-order valence-electron chi connectivity index (χ3n) is 4.54. The number of ether oxygens (including phenoxy) is 3. The molecule has 1 aromatic rings. The topological polar surface area (TPSA) is 68.8 Å². The molecule has 1 aliphatic carbocycles. The summed E-state index contributed by atoms with van der Waals surface area (Å²) in [6.45, 7) is 3.11. The van der Waals surface area contributed by atoms with E-state index in [-0.39, 0.29) is 11.9 Å². The highest BCUT2D eigenvalue weighted by atomic mass is 16.6. The molecule has 3 aliphatic rings. The lowest BCUT2D eigenvalue weighted by atomic mass is 10.0. The lowest BCUT2D eigenvalue weighted by Gasteiger charge is -2.27. The summed E-state index contributed by atoms with van der Waals surface area (Å²) in [6.07, 6.45) is 1.88. The molecule has 0 aromatic heterocycles. The van der Waals surface area contributed by atoms with Crippen LogP contribution in [0.25, 0.3) is 0 Å². The zero-order valence-electron chi connectivity index (χ0n) is 13.0. The number of benzene rings is 1. The second-order valence-corrected chi connectivity index (χ2v) is 6.29. The number of fused-ring (bicyclic) bond motifs is 1. The highest BCUT2D eigenvalue weighted by Gasteiger charge is 2.35. The molecule has 6 nitrogen and oxygen atoms in total. The van der Waals surface area contributed by atoms with Gasteiger partial charge < -0.3 is 24.8 Å². The van der Waals surface area contributed by atoms with E-state index < -0.39 is 6.10 Å². The Morgan fingerprint density at radius 2 is 2.00 bits per heavy atom. The Kier molecular flexibility index (Phi) is 4.10. The molecule has 2 atom stereocenters. The van der Waals surface area contributed by atoms with Crippen molar-refractivity contribution in [2.24, 2.45) is 5.92 Å². The molecule has 0 spiro atoms. The number of carbonyl (C=O) groups excluding carboxylic acids is 1. The molecule has 2 unspecified atom stereocenters. The van der Waals surface area contributed by atoms with Gasteiger partial charge in [-0.15, -0.1) is 0 Å². The van der Waals surface area contributed by atoms with Crippen molar-refractivity contribution in [3.8, 4) is 11.5 Å². The number of nitrogens with one attached hydrogen (secondary N) is 2. The van der Waals surface area contributed by atoms with Gasteiger partial charge in [-0.3, -0.25) is 4.79 Å². The van der Waals surface area contributed by atoms with Gasteiger partial charge in [0.2, 0.25) is 0 Å². The molecule has 1 saturated heterocycles. The van der Waals surface area contributed by atoms with Gasteiger partial charge in [0, 0.05) is 13.1 Å². The molecular formula is C17H22N2O4. The van der Waals surface area contributed by atoms with Crippen molar-refractivity contribution in [1.82, 2.24) is 10.6 Å². The second kappa shape index (κ2) is 6.37. The van der Waals surface area contributed by atoms with Crippen LogP contribution in [0.5, 0.6) is 11.5 Å². The lowest BCUT2D eigenvalue weighted by molar-refractivity contribution is -0.135. The number of amides is 1. The van der Waals surface area contributed by atoms with Crippen molar-refractivity contribution in [1.29, 1.82) is 0 Å². The first-order valence-electron chi connectivity index (χ1n) is 8.33. The van der Waals surface area contributed by atoms with Crippen molar-refractivity contribution < 1.29 is 19.0 Å². The van der Waals surface area contributed by atoms with E-state index in [2.05, 4.69) is 10.6 Å². The van der Waals surface area contributed by atoms with Crippen LogP contribution in [0.15, 0.2) is 18.2 Å². The standard InChI is InChI=1S/C17H22N2O4/c20-17(15-10-18-5-6-21-15)19-16(11-1-2-11)12-3-4-13-14(9-12)23-8-7-22-13/h3-4,9,11,15-16,18H,1-2,5-8,10H2,(H,19,20). The molecule has 2 heterocycles. The van der Waals surface area contributed by atoms with E-state index in [9.17, 15) is 4.79 Å². The molecule has 1 aromatic carbocycles. The van der Waals surface area contributed by atoms with Crippen LogP contribution >= 0.6 is 0 Å². The van der Waals surface area contributed by atoms with Crippen LogP contribution in [-0.2, 0) is 9.53 Å². The van der Waals surface area contributed by atoms with Gasteiger partial charge in [-0.25, -0.2) is 0 Å². The van der Waals surface area contributed by atoms with Gasteiger partial charge in [0.15, 0.2) is 11.5 Å². The van der Waals surface area contributed by atoms with Crippen LogP contribution in [-0.4, -0.2) is 44.9 Å². The first kappa shape index (κ1) is 14.8. The minimum Gasteiger partial charge on any atom is -0.486 e. The number of hydrogen-bond donors (Lipinski definition) is 2. The third-order valence-corrected chi connectivity index (χ3v) is 4.54. The lowest BCUT2D eigenvalue weighted by Crippen LogP contribution is -2.48. The molecule has 124 valence electrons. The maximum Gasteiger partial charge on any atom is 0.250 e. The van der Waals surface area contributed by atoms with E-state index in [1.165, 1.54) is 0 Å². The smallest absolute Gasteiger partial charge is 0.250 e. The van der Waals surface area contributed by atoms with E-state index in [0.29, 0.717) is 32.3 Å². The highest BCUT2D eigenvalue weighted by molar-refractivity contribution is 5.81. The highest BCUT2D eigenvalue weighted by Crippen LogP contribution is 2.43. The fourth-order valence-corrected chi connectivity index (χ4v) is 3.14. The molecule has 2 N–H and O–H groups in total. The van der Waals surface area contributed by atoms with Gasteiger partial charge in [0.1, 0.15) is 19.3 Å². The number of morpholine rings is 1. The van der Waals surface area contributed by atoms with Crippen LogP contribution in [0, 0.1) is 5.92 Å². The summed E-state index contributed by atoms with van der Waals surface area (Å²) in [5, 5.41) is 6.36. The zero-order chi connectivity index (χ0) is 15.6. The predicted octanol–water partition coefficient (Wildman–Crippen LogP) is 1.01. The SMILES string of the molecule is O=C(NC(c1ccc2c(c1)OCCO2)C1CC1)C1CNCCO1. The van der Waals surface area contributed by atoms with E-state index in [4.69, 9.17) is 14.2 Å². The van der Waals surface area contributed by atoms with Crippen molar-refractivity contribution in [3.63, 3.8) is 0 Å². The Morgan fingerprint density at radius 3 is 2.74 bits per heavy atom. The molecule has 4 rings (SSSR count). The van der Waals surface area contributed by atoms with Crippen molar-refractivity contribution in [2.45, 2.75) is 25.0 Å². The first-order valence-corrected chi connectivity index (χ1v) is 8.33. The van der Waals surface area contributed by atoms with E-state index in [1.807, 2.05) is 18.2 Å². The number of hydrogen-bond acceptors (Lipinski definition) is 5. The van der Waals surface area contributed by atoms with E-state index >= 15 is 0 Å². The second-order valence-electron chi connectivity index (χ2n) is 6.29. The summed E-state index contributed by atoms with van der Waals surface area (Å²) in [4.78, 5) is 12.5. The molecule has 1 amide bonds. The molecule has 1 saturated carbocycles. The summed E-state index contributed by atoms with van der Waals surface area (Å²) in [6, 6.07) is 5.97. The molecular weight excluding hydrogens is 296 g/mol. The van der Waals surface area contributed by atoms with Gasteiger partial charge in [0.05, 0.1) is 12.6 Å². The molecule has 0 radical (unpaired) electrons. The van der Waals surface area contributed by atoms with Crippen LogP contribution in [0.4, 0.5) is 0 Å². The Hall–Kier alpha value is -1.79. The summed E-state index contributed by atoms with van der Waals surface area (Å²) >= 11 is 0. The first-order chi connectivity index (χ1) is 11.3. The Labute approximate surface area is 135 Å². The molecule has 2 aliphatic heterocycles. The third kappa shape index (κ3) is 3.28. The average Bonchev–Trinajstić information content (AvgIpc) is 3.45. The Balaban J connectivity index is 1.50. The minimum absolute atomic E-state index is 0.0175. The molecule has 23 heavy (non-hydrogen) atoms. The molecule has 2 fully saturated rings. The maximum atomic E-state index is 12.5. The quantitative estimate of drug-likeness (QED) is 0.867. The van der Waals surface area contributed by atoms with Gasteiger partial charge >= 0.3 is 0 Å². The summed E-state index contributed by atoms with van der Waals surface area (Å²) in [5.41, 5.74) is 1.08. The van der Waals surface area contributed by atoms with Gasteiger partial charge in [-0.1, -0.05) is 6.07 Å². The van der Waals surface area contributed by atoms with Crippen molar-refractivity contribution in [3.05, 3.63) is 23.8 Å². The maximum absolute atomic E-state index is 12.5. The van der Waals surface area contributed by atoms with Gasteiger partial charge in [-0.2, -0.15) is 0 Å². The molecule has 6 heteroatoms. The molecule has 0 bridgehead atoms. The monoisotopic (exact) mass is 318 g/mol. The fraction of sp³-hybridized carbons (Fsp3) is 0.588. The Morgan fingerprint density at radius 1 is 1.17 bits per heavy atom. The van der Waals surface area contributed by atoms with Crippen molar-refractivity contribution >= 4 is 5.91 Å². The summed E-state index contributed by atoms with van der Waals surface area (Å²) < 4.78 is 16.8. The normalized spacial score (nSPS) is 24.8. The van der Waals surface area contributed by atoms with Crippen LogP contribution in [0.2, 0.25) is 0 Å². The van der Waals surface area contributed by atoms with Crippen LogP contribution in [0.3, 0.4) is 0 Å². The van der Waals surface area contributed by atoms with Crippen LogP contribution < -0.4 is 20.1 Å². The van der Waals surface area contributed by atoms with Crippen LogP contribution in [0.1, 0.15) is 24.4 Å². The van der Waals surface area contributed by atoms with Crippen molar-refractivity contribution in [2.75, 3.05) is 32.9 Å². The summed E-state index contributed by atoms with van der Waals surface area (Å²) in [7, 11) is 0. The number of rotatable bonds is 4. The van der Waals surface area contributed by atoms with E-state index in [0.717, 1.165) is 36.4 Å². The van der Waals surface area contributed by atoms with Gasteiger partial charge in [0.25, 0.3) is 5.91 Å². The Bertz CT molecular complexity index is 582. The zero-order valence-corrected chi connectivity index (χ0v) is 13.0. The van der Waals surface area contributed by atoms with Gasteiger partial charge in [-0.05, 0) is 36.5 Å². The average molecular weight is 318 g/mol. The minimum atomic E-state index is -0.401. The summed E-state index contributed by atoms with van der Waals surface area (Å²) in [5.74, 6) is 2.01. The van der Waals surface area contributed by atoms with E-state index in [1.54, 1.807) is 0 Å².